The highest BCUT2D eigenvalue weighted by atomic mass is 35.5. The number of rotatable bonds is 4. The van der Waals surface area contributed by atoms with Gasteiger partial charge in [0.15, 0.2) is 6.10 Å². The number of benzene rings is 3. The fourth-order valence-corrected chi connectivity index (χ4v) is 6.19. The van der Waals surface area contributed by atoms with E-state index in [1.165, 1.54) is 0 Å². The van der Waals surface area contributed by atoms with E-state index in [2.05, 4.69) is 10.0 Å². The predicted molar refractivity (Wildman–Crippen MR) is 127 cm³/mol. The summed E-state index contributed by atoms with van der Waals surface area (Å²) in [7, 11) is 1.60. The van der Waals surface area contributed by atoms with Crippen molar-refractivity contribution < 1.29 is 14.4 Å². The summed E-state index contributed by atoms with van der Waals surface area (Å²) in [5, 5.41) is 18.4. The Balaban J connectivity index is 1.66. The van der Waals surface area contributed by atoms with Crippen molar-refractivity contribution in [2.24, 2.45) is 0 Å². The van der Waals surface area contributed by atoms with Gasteiger partial charge < -0.3 is 9.47 Å². The van der Waals surface area contributed by atoms with E-state index in [1.54, 1.807) is 19.2 Å². The second-order valence-corrected chi connectivity index (χ2v) is 9.43. The zero-order chi connectivity index (χ0) is 23.4. The highest BCUT2D eigenvalue weighted by molar-refractivity contribution is 6.30. The first-order valence-corrected chi connectivity index (χ1v) is 11.8. The van der Waals surface area contributed by atoms with E-state index in [9.17, 15) is 10.1 Å². The molecule has 0 unspecified atom stereocenters. The van der Waals surface area contributed by atoms with Crippen LogP contribution in [0.15, 0.2) is 72.8 Å². The van der Waals surface area contributed by atoms with Gasteiger partial charge in [0.25, 0.3) is 0 Å². The maximum Gasteiger partial charge on any atom is 0.303 e. The van der Waals surface area contributed by atoms with Crippen LogP contribution in [-0.4, -0.2) is 40.7 Å². The lowest BCUT2D eigenvalue weighted by atomic mass is 9.70. The topological polar surface area (TPSA) is 68.1 Å². The van der Waals surface area contributed by atoms with E-state index in [1.807, 2.05) is 60.7 Å². The Hall–Kier alpha value is -3.13. The van der Waals surface area contributed by atoms with Gasteiger partial charge in [0.05, 0.1) is 7.11 Å². The van der Waals surface area contributed by atoms with Gasteiger partial charge in [-0.05, 0) is 47.9 Å². The van der Waals surface area contributed by atoms with Crippen molar-refractivity contribution in [3.63, 3.8) is 0 Å². The number of hydrogen-bond donors (Lipinski definition) is 0. The predicted octanol–water partition coefficient (Wildman–Crippen LogP) is 5.22. The van der Waals surface area contributed by atoms with Gasteiger partial charge in [-0.1, -0.05) is 54.1 Å². The summed E-state index contributed by atoms with van der Waals surface area (Å²) in [5.41, 5.74) is 0.930. The molecule has 3 aromatic rings. The Morgan fingerprint density at radius 2 is 1.71 bits per heavy atom. The van der Waals surface area contributed by atoms with Crippen LogP contribution in [0.4, 0.5) is 0 Å². The van der Waals surface area contributed by atoms with E-state index >= 15 is 0 Å². The number of hydrazine groups is 1. The lowest BCUT2D eigenvalue weighted by molar-refractivity contribution is -0.594. The molecule has 3 aliphatic rings. The van der Waals surface area contributed by atoms with E-state index < -0.39 is 23.7 Å². The van der Waals surface area contributed by atoms with Crippen LogP contribution in [0, 0.1) is 10.1 Å². The molecular formula is C26H24ClN3O4. The molecule has 0 saturated carbocycles. The van der Waals surface area contributed by atoms with Crippen molar-refractivity contribution in [3.05, 3.63) is 105 Å². The molecule has 6 rings (SSSR count). The zero-order valence-electron chi connectivity index (χ0n) is 18.6. The minimum Gasteiger partial charge on any atom is -0.497 e. The van der Waals surface area contributed by atoms with E-state index in [-0.39, 0.29) is 4.92 Å². The normalized spacial score (nSPS) is 28.0. The fraction of sp³-hybridized carbons (Fsp3) is 0.308. The minimum absolute atomic E-state index is 0.102. The molecule has 3 aromatic carbocycles. The van der Waals surface area contributed by atoms with Crippen LogP contribution in [0.1, 0.15) is 41.3 Å². The molecule has 0 bridgehead atoms. The molecule has 3 heterocycles. The largest absolute Gasteiger partial charge is 0.497 e. The minimum atomic E-state index is -1.49. The second-order valence-electron chi connectivity index (χ2n) is 8.99. The number of nitrogens with zero attached hydrogens (tertiary/aromatic N) is 3. The number of nitro groups is 1. The monoisotopic (exact) mass is 477 g/mol. The first-order valence-electron chi connectivity index (χ1n) is 11.4. The van der Waals surface area contributed by atoms with Crippen molar-refractivity contribution in [1.29, 1.82) is 0 Å². The first kappa shape index (κ1) is 21.4. The van der Waals surface area contributed by atoms with Crippen LogP contribution in [0.2, 0.25) is 5.02 Å². The molecule has 0 aliphatic carbocycles. The summed E-state index contributed by atoms with van der Waals surface area (Å²) in [5.74, 6) is 1.30. The van der Waals surface area contributed by atoms with Gasteiger partial charge in [0.1, 0.15) is 23.6 Å². The molecular weight excluding hydrogens is 454 g/mol. The maximum absolute atomic E-state index is 13.4. The Kier molecular flexibility index (Phi) is 5.02. The number of fused-ring (bicyclic) bond motifs is 5. The number of halogens is 1. The summed E-state index contributed by atoms with van der Waals surface area (Å²) in [4.78, 5) is 13.3. The SMILES string of the molecule is COc1ccc2c(c1)[C@@H]1N3CCCN3[C@@H](c3ccc(Cl)cc3)[C@]1([N+](=O)[O-])[C@@H](c1ccccc1)O2. The highest BCUT2D eigenvalue weighted by Crippen LogP contribution is 2.64. The van der Waals surface area contributed by atoms with E-state index in [0.717, 1.165) is 36.2 Å². The molecule has 0 amide bonds. The molecule has 3 aliphatic heterocycles. The van der Waals surface area contributed by atoms with Crippen LogP contribution in [0.5, 0.6) is 11.5 Å². The lowest BCUT2D eigenvalue weighted by Crippen LogP contribution is -2.56. The molecule has 4 atom stereocenters. The van der Waals surface area contributed by atoms with Gasteiger partial charge in [0.2, 0.25) is 0 Å². The van der Waals surface area contributed by atoms with Gasteiger partial charge in [-0.25, -0.2) is 10.0 Å². The van der Waals surface area contributed by atoms with E-state index in [4.69, 9.17) is 21.1 Å². The van der Waals surface area contributed by atoms with Gasteiger partial charge in [-0.15, -0.1) is 0 Å². The number of ether oxygens (including phenoxy) is 2. The van der Waals surface area contributed by atoms with Crippen LogP contribution >= 0.6 is 11.6 Å². The number of hydrogen-bond acceptors (Lipinski definition) is 6. The van der Waals surface area contributed by atoms with Crippen molar-refractivity contribution in [2.75, 3.05) is 20.2 Å². The molecule has 7 nitrogen and oxygen atoms in total. The molecule has 0 N–H and O–H groups in total. The molecule has 34 heavy (non-hydrogen) atoms. The fourth-order valence-electron chi connectivity index (χ4n) is 6.07. The highest BCUT2D eigenvalue weighted by Gasteiger charge is 2.75. The Labute approximate surface area is 202 Å². The van der Waals surface area contributed by atoms with E-state index in [0.29, 0.717) is 16.5 Å². The molecule has 2 fully saturated rings. The third-order valence-corrected chi connectivity index (χ3v) is 7.61. The van der Waals surface area contributed by atoms with Gasteiger partial charge in [-0.2, -0.15) is 0 Å². The third kappa shape index (κ3) is 2.90. The van der Waals surface area contributed by atoms with Crippen LogP contribution in [0.25, 0.3) is 0 Å². The maximum atomic E-state index is 13.4. The average Bonchev–Trinajstić information content (AvgIpc) is 3.44. The van der Waals surface area contributed by atoms with Crippen molar-refractivity contribution in [3.8, 4) is 11.5 Å². The van der Waals surface area contributed by atoms with Crippen molar-refractivity contribution >= 4 is 11.6 Å². The van der Waals surface area contributed by atoms with Crippen LogP contribution in [0.3, 0.4) is 0 Å². The third-order valence-electron chi connectivity index (χ3n) is 7.36. The molecule has 0 radical (unpaired) electrons. The summed E-state index contributed by atoms with van der Waals surface area (Å²) in [6.45, 7) is 1.47. The van der Waals surface area contributed by atoms with Gasteiger partial charge in [-0.3, -0.25) is 10.1 Å². The molecule has 2 saturated heterocycles. The first-order chi connectivity index (χ1) is 16.6. The smallest absolute Gasteiger partial charge is 0.303 e. The van der Waals surface area contributed by atoms with Crippen LogP contribution < -0.4 is 9.47 Å². The quantitative estimate of drug-likeness (QED) is 0.379. The molecule has 0 spiro atoms. The summed E-state index contributed by atoms with van der Waals surface area (Å²) in [6.07, 6.45) is 0.144. The summed E-state index contributed by atoms with van der Waals surface area (Å²) in [6, 6.07) is 21.5. The van der Waals surface area contributed by atoms with Crippen molar-refractivity contribution in [2.45, 2.75) is 30.1 Å². The molecule has 0 aromatic heterocycles. The lowest BCUT2D eigenvalue weighted by Gasteiger charge is -2.42. The molecule has 8 heteroatoms. The van der Waals surface area contributed by atoms with Gasteiger partial charge in [0, 0.05) is 28.6 Å². The van der Waals surface area contributed by atoms with Gasteiger partial charge >= 0.3 is 5.54 Å². The van der Waals surface area contributed by atoms with Crippen LogP contribution in [-0.2, 0) is 0 Å². The number of methoxy groups -OCH3 is 1. The zero-order valence-corrected chi connectivity index (χ0v) is 19.4. The second kappa shape index (κ2) is 7.98. The summed E-state index contributed by atoms with van der Waals surface area (Å²) >= 11 is 6.19. The standard InChI is InChI=1S/C26H24ClN3O4/c1-33-20-12-13-22-21(16-20)24-26(30(31)32,25(34-22)18-6-3-2-4-7-18)23(28-14-5-15-29(24)28)17-8-10-19(27)11-9-17/h2-4,6-13,16,23-25H,5,14-15H2,1H3/t23-,24-,25+,26+/m0/s1. The van der Waals surface area contributed by atoms with Crippen molar-refractivity contribution in [1.82, 2.24) is 10.0 Å². The summed E-state index contributed by atoms with van der Waals surface area (Å²) < 4.78 is 12.1. The molecule has 174 valence electrons. The Bertz CT molecular complexity index is 1240. The average molecular weight is 478 g/mol. The Morgan fingerprint density at radius 3 is 2.38 bits per heavy atom. The Morgan fingerprint density at radius 1 is 1.00 bits per heavy atom.